The lowest BCUT2D eigenvalue weighted by Crippen LogP contribution is -2.35. The highest BCUT2D eigenvalue weighted by Gasteiger charge is 2.25. The SMILES string of the molecule is CC(C)(C)NCc1noc([C@H](CCCC2CCCCC2)CC(=O)NO)n1.CC(C)(C)NCc1noc([C@H](CCCC2CCCCC2)CC(=O)O)n1. The Kier molecular flexibility index (Phi) is 18.0. The minimum absolute atomic E-state index is 0.0265. The zero-order chi connectivity index (χ0) is 37.3. The van der Waals surface area contributed by atoms with E-state index in [9.17, 15) is 14.7 Å². The van der Waals surface area contributed by atoms with E-state index in [-0.39, 0.29) is 35.8 Å². The Bertz CT molecular complexity index is 1270. The van der Waals surface area contributed by atoms with Gasteiger partial charge in [0.15, 0.2) is 11.6 Å². The molecule has 290 valence electrons. The fraction of sp³-hybridized carbons (Fsp3) is 0.842. The second-order valence-corrected chi connectivity index (χ2v) is 16.9. The highest BCUT2D eigenvalue weighted by molar-refractivity contribution is 5.75. The number of carbonyl (C=O) groups is 2. The van der Waals surface area contributed by atoms with Crippen molar-refractivity contribution < 1.29 is 28.9 Å². The molecule has 0 aliphatic heterocycles. The number of carboxylic acids is 1. The maximum Gasteiger partial charge on any atom is 0.304 e. The molecule has 2 saturated carbocycles. The molecule has 0 aromatic carbocycles. The number of nitrogens with one attached hydrogen (secondary N) is 3. The van der Waals surface area contributed by atoms with Gasteiger partial charge in [0.25, 0.3) is 0 Å². The number of nitrogens with zero attached hydrogens (tertiary/aromatic N) is 4. The lowest BCUT2D eigenvalue weighted by molar-refractivity contribution is -0.137. The van der Waals surface area contributed by atoms with Crippen LogP contribution in [-0.2, 0) is 22.7 Å². The predicted molar refractivity (Wildman–Crippen MR) is 195 cm³/mol. The average Bonchev–Trinajstić information content (AvgIpc) is 3.76. The minimum atomic E-state index is -0.810. The van der Waals surface area contributed by atoms with E-state index in [4.69, 9.17) is 14.3 Å². The molecule has 13 nitrogen and oxygen atoms in total. The molecule has 51 heavy (non-hydrogen) atoms. The first kappa shape index (κ1) is 42.5. The summed E-state index contributed by atoms with van der Waals surface area (Å²) in [7, 11) is 0. The van der Waals surface area contributed by atoms with Crippen LogP contribution in [0.15, 0.2) is 9.05 Å². The van der Waals surface area contributed by atoms with Gasteiger partial charge in [-0.15, -0.1) is 0 Å². The molecule has 2 aromatic rings. The van der Waals surface area contributed by atoms with Crippen molar-refractivity contribution in [2.24, 2.45) is 11.8 Å². The molecule has 0 saturated heterocycles. The molecule has 2 heterocycles. The fourth-order valence-electron chi connectivity index (χ4n) is 7.06. The van der Waals surface area contributed by atoms with Gasteiger partial charge in [0.05, 0.1) is 19.5 Å². The van der Waals surface area contributed by atoms with Crippen molar-refractivity contribution >= 4 is 11.9 Å². The van der Waals surface area contributed by atoms with Gasteiger partial charge in [-0.25, -0.2) is 5.48 Å². The molecule has 5 N–H and O–H groups in total. The van der Waals surface area contributed by atoms with Gasteiger partial charge in [0.1, 0.15) is 0 Å². The van der Waals surface area contributed by atoms with Gasteiger partial charge in [0.2, 0.25) is 17.7 Å². The van der Waals surface area contributed by atoms with Gasteiger partial charge in [-0.3, -0.25) is 14.8 Å². The Morgan fingerprint density at radius 3 is 1.49 bits per heavy atom. The summed E-state index contributed by atoms with van der Waals surface area (Å²) in [6.45, 7) is 13.5. The Morgan fingerprint density at radius 2 is 1.12 bits per heavy atom. The molecule has 2 fully saturated rings. The number of aliphatic carboxylic acids is 1. The zero-order valence-electron chi connectivity index (χ0n) is 32.3. The summed E-state index contributed by atoms with van der Waals surface area (Å²) >= 11 is 0. The molecule has 2 aliphatic rings. The second kappa shape index (κ2) is 21.6. The lowest BCUT2D eigenvalue weighted by atomic mass is 9.84. The maximum atomic E-state index is 11.7. The van der Waals surface area contributed by atoms with Crippen molar-refractivity contribution in [3.05, 3.63) is 23.4 Å². The number of hydroxylamine groups is 1. The van der Waals surface area contributed by atoms with Gasteiger partial charge in [-0.2, -0.15) is 9.97 Å². The highest BCUT2D eigenvalue weighted by Crippen LogP contribution is 2.32. The zero-order valence-corrected chi connectivity index (χ0v) is 32.3. The predicted octanol–water partition coefficient (Wildman–Crippen LogP) is 7.95. The maximum absolute atomic E-state index is 11.7. The third kappa shape index (κ3) is 17.9. The van der Waals surface area contributed by atoms with Gasteiger partial charge in [0, 0.05) is 29.3 Å². The third-order valence-corrected chi connectivity index (χ3v) is 9.98. The van der Waals surface area contributed by atoms with E-state index in [0.717, 1.165) is 37.5 Å². The van der Waals surface area contributed by atoms with Crippen LogP contribution in [-0.4, -0.2) is 53.5 Å². The van der Waals surface area contributed by atoms with Crippen LogP contribution in [0.4, 0.5) is 0 Å². The number of rotatable bonds is 18. The lowest BCUT2D eigenvalue weighted by Gasteiger charge is -2.22. The first-order chi connectivity index (χ1) is 24.2. The number of carbonyl (C=O) groups excluding carboxylic acids is 1. The molecule has 0 radical (unpaired) electrons. The van der Waals surface area contributed by atoms with Crippen LogP contribution < -0.4 is 16.1 Å². The number of hydrogen-bond acceptors (Lipinski definition) is 11. The van der Waals surface area contributed by atoms with Gasteiger partial charge < -0.3 is 24.8 Å². The third-order valence-electron chi connectivity index (χ3n) is 9.98. The van der Waals surface area contributed by atoms with E-state index in [1.807, 2.05) is 0 Å². The Balaban J connectivity index is 0.000000276. The largest absolute Gasteiger partial charge is 0.481 e. The van der Waals surface area contributed by atoms with Gasteiger partial charge in [-0.1, -0.05) is 100 Å². The summed E-state index contributed by atoms with van der Waals surface area (Å²) < 4.78 is 10.8. The first-order valence-electron chi connectivity index (χ1n) is 19.5. The number of amides is 1. The van der Waals surface area contributed by atoms with Crippen molar-refractivity contribution in [3.8, 4) is 0 Å². The summed E-state index contributed by atoms with van der Waals surface area (Å²) in [6, 6.07) is 0. The molecule has 2 atom stereocenters. The van der Waals surface area contributed by atoms with E-state index >= 15 is 0 Å². The highest BCUT2D eigenvalue weighted by atomic mass is 16.5. The van der Waals surface area contributed by atoms with Crippen molar-refractivity contribution in [3.63, 3.8) is 0 Å². The summed E-state index contributed by atoms with van der Waals surface area (Å²) in [5, 5.41) is 32.7. The Hall–Kier alpha value is -2.90. The van der Waals surface area contributed by atoms with Crippen LogP contribution in [0.2, 0.25) is 0 Å². The quantitative estimate of drug-likeness (QED) is 0.0740. The van der Waals surface area contributed by atoms with Gasteiger partial charge in [-0.05, 0) is 66.2 Å². The summed E-state index contributed by atoms with van der Waals surface area (Å²) in [6.07, 6.45) is 19.7. The van der Waals surface area contributed by atoms with Gasteiger partial charge >= 0.3 is 5.97 Å². The van der Waals surface area contributed by atoms with Crippen LogP contribution in [0.5, 0.6) is 0 Å². The normalized spacial score (nSPS) is 17.4. The van der Waals surface area contributed by atoms with Crippen LogP contribution in [0.3, 0.4) is 0 Å². The number of hydrogen-bond donors (Lipinski definition) is 5. The number of carboxylic acid groups (broad SMARTS) is 1. The molecule has 2 aromatic heterocycles. The second-order valence-electron chi connectivity index (χ2n) is 16.9. The summed E-state index contributed by atoms with van der Waals surface area (Å²) in [5.41, 5.74) is 1.66. The molecular weight excluding hydrogens is 650 g/mol. The monoisotopic (exact) mass is 718 g/mol. The molecule has 13 heteroatoms. The smallest absolute Gasteiger partial charge is 0.304 e. The van der Waals surface area contributed by atoms with Crippen LogP contribution in [0.25, 0.3) is 0 Å². The van der Waals surface area contributed by atoms with E-state index < -0.39 is 11.9 Å². The summed E-state index contributed by atoms with van der Waals surface area (Å²) in [4.78, 5) is 31.8. The summed E-state index contributed by atoms with van der Waals surface area (Å²) in [5.74, 6) is 2.21. The van der Waals surface area contributed by atoms with E-state index in [2.05, 4.69) is 72.5 Å². The molecule has 2 aliphatic carbocycles. The van der Waals surface area contributed by atoms with Crippen molar-refractivity contribution in [2.75, 3.05) is 0 Å². The topological polar surface area (TPSA) is 189 Å². The molecule has 1 amide bonds. The van der Waals surface area contributed by atoms with Crippen molar-refractivity contribution in [2.45, 2.75) is 193 Å². The molecule has 4 rings (SSSR count). The van der Waals surface area contributed by atoms with E-state index in [1.165, 1.54) is 77.0 Å². The molecule has 0 unspecified atom stereocenters. The van der Waals surface area contributed by atoms with Crippen LogP contribution >= 0.6 is 0 Å². The number of aromatic nitrogens is 4. The fourth-order valence-corrected chi connectivity index (χ4v) is 7.06. The van der Waals surface area contributed by atoms with Crippen molar-refractivity contribution in [1.82, 2.24) is 36.4 Å². The molecule has 0 spiro atoms. The van der Waals surface area contributed by atoms with E-state index in [1.54, 1.807) is 5.48 Å². The molecular formula is C38H67N7O6. The van der Waals surface area contributed by atoms with Crippen LogP contribution in [0, 0.1) is 11.8 Å². The Labute approximate surface area is 305 Å². The Morgan fingerprint density at radius 1 is 0.706 bits per heavy atom. The standard InChI is InChI=1S/C19H34N4O3.C19H33N3O3/c1-19(2,3)20-13-16-21-18(26-23-16)15(12-17(24)22-25)11-7-10-14-8-5-4-6-9-14;1-19(2,3)20-13-16-21-18(25-22-16)15(12-17(23)24)11-7-10-14-8-5-4-6-9-14/h14-15,20,25H,4-13H2,1-3H3,(H,22,24);14-15,20H,4-13H2,1-3H3,(H,23,24)/t2*15-/m11/s1. The van der Waals surface area contributed by atoms with Crippen molar-refractivity contribution in [1.29, 1.82) is 0 Å². The van der Waals surface area contributed by atoms with Crippen LogP contribution in [0.1, 0.15) is 192 Å². The van der Waals surface area contributed by atoms with E-state index in [0.29, 0.717) is 36.5 Å². The molecule has 0 bridgehead atoms. The average molecular weight is 718 g/mol. The first-order valence-corrected chi connectivity index (χ1v) is 19.5. The minimum Gasteiger partial charge on any atom is -0.481 e.